The van der Waals surface area contributed by atoms with Crippen molar-refractivity contribution in [3.63, 3.8) is 0 Å². The molecule has 2 aromatic heterocycles. The number of carboxylic acids is 1. The fourth-order valence-corrected chi connectivity index (χ4v) is 4.78. The standard InChI is InChI=1S/C34H39FN10O7/c1-20(4-2-3-15-37-28(47)19-52-40-16-21-5-9-23(35)10-6-21)41-27(46)14-13-26(33(50)51)43-31(48)22-7-11-24(12-8-22)38-17-25-18-39-30-29(42-25)32(49)45-34(36)44-30/h5-12,16,18,20,26,38H,2-4,13-15,17,19H2,1H3,(H,37,47)(H,41,46)(H,43,48)(H,50,51)(H3,36,39,44,45,49)/b40-16+/t20-,26+/m1/s1/i35-1. The van der Waals surface area contributed by atoms with Crippen LogP contribution in [0.1, 0.15) is 60.6 Å². The fraction of sp³-hybridized carbons (Fsp3) is 0.324. The number of hydrogen-bond donors (Lipinski definition) is 7. The van der Waals surface area contributed by atoms with Crippen molar-refractivity contribution >= 4 is 52.7 Å². The van der Waals surface area contributed by atoms with E-state index in [1.807, 2.05) is 6.92 Å². The molecule has 0 aliphatic rings. The third-order valence-electron chi connectivity index (χ3n) is 7.51. The number of aromatic nitrogens is 4. The normalized spacial score (nSPS) is 12.2. The van der Waals surface area contributed by atoms with E-state index in [2.05, 4.69) is 46.4 Å². The molecule has 274 valence electrons. The lowest BCUT2D eigenvalue weighted by atomic mass is 10.1. The molecular formula is C34H39FN10O7. The summed E-state index contributed by atoms with van der Waals surface area (Å²) in [6, 6.07) is 10.4. The van der Waals surface area contributed by atoms with Gasteiger partial charge in [0.05, 0.1) is 24.7 Å². The third kappa shape index (κ3) is 12.5. The molecule has 2 heterocycles. The number of amides is 3. The molecule has 0 fully saturated rings. The maximum atomic E-state index is 12.9. The van der Waals surface area contributed by atoms with E-state index in [1.54, 1.807) is 12.1 Å². The van der Waals surface area contributed by atoms with Crippen LogP contribution in [0.3, 0.4) is 0 Å². The molecule has 18 heteroatoms. The molecule has 2 atom stereocenters. The summed E-state index contributed by atoms with van der Waals surface area (Å²) in [5.41, 5.74) is 7.13. The highest BCUT2D eigenvalue weighted by atomic mass is 18.2. The van der Waals surface area contributed by atoms with Crippen LogP contribution in [0.15, 0.2) is 64.7 Å². The maximum Gasteiger partial charge on any atom is 0.326 e. The van der Waals surface area contributed by atoms with Crippen LogP contribution in [0, 0.1) is 5.82 Å². The van der Waals surface area contributed by atoms with Crippen LogP contribution in [-0.2, 0) is 25.8 Å². The van der Waals surface area contributed by atoms with Gasteiger partial charge in [0.2, 0.25) is 11.9 Å². The third-order valence-corrected chi connectivity index (χ3v) is 7.51. The Morgan fingerprint density at radius 3 is 2.50 bits per heavy atom. The highest BCUT2D eigenvalue weighted by molar-refractivity contribution is 5.97. The van der Waals surface area contributed by atoms with Gasteiger partial charge in [0.25, 0.3) is 17.4 Å². The number of carbonyl (C=O) groups is 4. The Labute approximate surface area is 296 Å². The summed E-state index contributed by atoms with van der Waals surface area (Å²) in [7, 11) is 0. The van der Waals surface area contributed by atoms with E-state index < -0.39 is 23.5 Å². The number of nitrogens with one attached hydrogen (secondary N) is 5. The molecule has 2 aromatic carbocycles. The number of benzene rings is 2. The zero-order chi connectivity index (χ0) is 37.5. The number of carboxylic acid groups (broad SMARTS) is 1. The molecule has 0 radical (unpaired) electrons. The largest absolute Gasteiger partial charge is 0.480 e. The number of carbonyl (C=O) groups excluding carboxylic acids is 3. The van der Waals surface area contributed by atoms with Crippen molar-refractivity contribution in [2.75, 3.05) is 24.2 Å². The monoisotopic (exact) mass is 717 g/mol. The minimum atomic E-state index is -1.29. The quantitative estimate of drug-likeness (QED) is 0.0417. The van der Waals surface area contributed by atoms with Crippen molar-refractivity contribution in [2.24, 2.45) is 5.16 Å². The number of anilines is 2. The topological polar surface area (TPSA) is 256 Å². The predicted molar refractivity (Wildman–Crippen MR) is 189 cm³/mol. The summed E-state index contributed by atoms with van der Waals surface area (Å²) in [5.74, 6) is -3.01. The molecule has 4 aromatic rings. The van der Waals surface area contributed by atoms with E-state index >= 15 is 0 Å². The smallest absolute Gasteiger partial charge is 0.326 e. The number of nitrogens with zero attached hydrogens (tertiary/aromatic N) is 4. The molecule has 0 unspecified atom stereocenters. The van der Waals surface area contributed by atoms with Gasteiger partial charge in [-0.05, 0) is 74.6 Å². The summed E-state index contributed by atoms with van der Waals surface area (Å²) in [6.45, 7) is 2.18. The first-order valence-corrected chi connectivity index (χ1v) is 16.3. The van der Waals surface area contributed by atoms with E-state index in [1.165, 1.54) is 48.8 Å². The molecule has 0 bridgehead atoms. The summed E-state index contributed by atoms with van der Waals surface area (Å²) >= 11 is 0. The van der Waals surface area contributed by atoms with Gasteiger partial charge in [-0.2, -0.15) is 4.98 Å². The summed E-state index contributed by atoms with van der Waals surface area (Å²) in [5, 5.41) is 24.4. The molecule has 0 aliphatic carbocycles. The van der Waals surface area contributed by atoms with Gasteiger partial charge in [-0.25, -0.2) is 19.2 Å². The zero-order valence-electron chi connectivity index (χ0n) is 28.2. The first-order chi connectivity index (χ1) is 25.0. The molecular weight excluding hydrogens is 678 g/mol. The van der Waals surface area contributed by atoms with Gasteiger partial charge in [-0.3, -0.25) is 24.2 Å². The van der Waals surface area contributed by atoms with Crippen molar-refractivity contribution in [3.8, 4) is 0 Å². The van der Waals surface area contributed by atoms with Crippen molar-refractivity contribution in [1.82, 2.24) is 35.9 Å². The summed E-state index contributed by atoms with van der Waals surface area (Å²) in [4.78, 5) is 80.7. The Hall–Kier alpha value is -6.46. The van der Waals surface area contributed by atoms with Gasteiger partial charge in [0.15, 0.2) is 17.8 Å². The first kappa shape index (κ1) is 38.3. The lowest BCUT2D eigenvalue weighted by Gasteiger charge is -2.17. The second-order valence-corrected chi connectivity index (χ2v) is 11.7. The van der Waals surface area contributed by atoms with Crippen LogP contribution in [0.2, 0.25) is 0 Å². The second-order valence-electron chi connectivity index (χ2n) is 11.7. The van der Waals surface area contributed by atoms with Gasteiger partial charge >= 0.3 is 5.97 Å². The van der Waals surface area contributed by atoms with Gasteiger partial charge < -0.3 is 36.9 Å². The van der Waals surface area contributed by atoms with Gasteiger partial charge in [-0.1, -0.05) is 17.3 Å². The number of aliphatic carboxylic acids is 1. The zero-order valence-corrected chi connectivity index (χ0v) is 28.2. The van der Waals surface area contributed by atoms with E-state index in [4.69, 9.17) is 10.6 Å². The average molecular weight is 718 g/mol. The number of nitrogens with two attached hydrogens (primary N) is 1. The number of unbranched alkanes of at least 4 members (excludes halogenated alkanes) is 1. The molecule has 0 aliphatic heterocycles. The summed E-state index contributed by atoms with van der Waals surface area (Å²) in [6.07, 6.45) is 4.60. The van der Waals surface area contributed by atoms with Crippen LogP contribution in [0.4, 0.5) is 16.0 Å². The van der Waals surface area contributed by atoms with Crippen molar-refractivity contribution in [1.29, 1.82) is 0 Å². The van der Waals surface area contributed by atoms with Crippen molar-refractivity contribution < 1.29 is 33.5 Å². The number of aromatic amines is 1. The average Bonchev–Trinajstić information content (AvgIpc) is 3.11. The lowest BCUT2D eigenvalue weighted by Crippen LogP contribution is -2.42. The highest BCUT2D eigenvalue weighted by Gasteiger charge is 2.22. The first-order valence-electron chi connectivity index (χ1n) is 16.3. The molecule has 0 saturated heterocycles. The van der Waals surface area contributed by atoms with E-state index in [-0.39, 0.29) is 72.3 Å². The number of halogens is 1. The lowest BCUT2D eigenvalue weighted by molar-refractivity contribution is -0.139. The van der Waals surface area contributed by atoms with E-state index in [0.717, 1.165) is 0 Å². The summed E-state index contributed by atoms with van der Waals surface area (Å²) < 4.78 is 12.9. The molecule has 4 rings (SSSR count). The van der Waals surface area contributed by atoms with Crippen LogP contribution >= 0.6 is 0 Å². The van der Waals surface area contributed by atoms with E-state index in [9.17, 15) is 33.5 Å². The number of fused-ring (bicyclic) bond motifs is 1. The number of rotatable bonds is 19. The Morgan fingerprint density at radius 1 is 1.02 bits per heavy atom. The number of H-pyrrole nitrogens is 1. The van der Waals surface area contributed by atoms with Gasteiger partial charge in [0, 0.05) is 30.3 Å². The Balaban J connectivity index is 1.10. The van der Waals surface area contributed by atoms with Crippen molar-refractivity contribution in [3.05, 3.63) is 87.7 Å². The predicted octanol–water partition coefficient (Wildman–Crippen LogP) is 1.85. The van der Waals surface area contributed by atoms with Crippen LogP contribution < -0.4 is 32.6 Å². The maximum absolute atomic E-state index is 12.9. The minimum Gasteiger partial charge on any atom is -0.480 e. The Morgan fingerprint density at radius 2 is 1.77 bits per heavy atom. The SMILES string of the molecule is C[C@H](CCCCNC(=O)CO/N=C/c1ccc([18F])cc1)NC(=O)CC[C@H](NC(=O)c1ccc(NCc2cnc3nc(N)[nH]c(=O)c3n2)cc1)C(=O)O. The molecule has 0 spiro atoms. The molecule has 52 heavy (non-hydrogen) atoms. The van der Waals surface area contributed by atoms with Crippen LogP contribution in [0.5, 0.6) is 0 Å². The minimum absolute atomic E-state index is 0.0486. The van der Waals surface area contributed by atoms with Gasteiger partial charge in [-0.15, -0.1) is 0 Å². The fourth-order valence-electron chi connectivity index (χ4n) is 4.78. The molecule has 17 nitrogen and oxygen atoms in total. The van der Waals surface area contributed by atoms with Gasteiger partial charge in [0.1, 0.15) is 11.9 Å². The molecule has 8 N–H and O–H groups in total. The van der Waals surface area contributed by atoms with E-state index in [0.29, 0.717) is 42.8 Å². The number of oxime groups is 1. The van der Waals surface area contributed by atoms with Crippen LogP contribution in [-0.4, -0.2) is 80.2 Å². The number of nitrogen functional groups attached to an aromatic ring is 1. The Kier molecular flexibility index (Phi) is 14.1. The highest BCUT2D eigenvalue weighted by Crippen LogP contribution is 2.13. The number of hydrogen-bond acceptors (Lipinski definition) is 12. The van der Waals surface area contributed by atoms with Crippen LogP contribution in [0.25, 0.3) is 11.2 Å². The Bertz CT molecular complexity index is 1940. The molecule has 3 amide bonds. The van der Waals surface area contributed by atoms with Crippen molar-refractivity contribution in [2.45, 2.75) is 57.7 Å². The second kappa shape index (κ2) is 19.1. The molecule has 0 saturated carbocycles.